The number of rotatable bonds is 3. The van der Waals surface area contributed by atoms with Crippen molar-refractivity contribution in [1.29, 1.82) is 0 Å². The third-order valence-electron chi connectivity index (χ3n) is 4.86. The van der Waals surface area contributed by atoms with Crippen molar-refractivity contribution in [3.8, 4) is 0 Å². The van der Waals surface area contributed by atoms with Gasteiger partial charge in [0.25, 0.3) is 0 Å². The fourth-order valence-electron chi connectivity index (χ4n) is 3.00. The second kappa shape index (κ2) is 3.49. The summed E-state index contributed by atoms with van der Waals surface area (Å²) in [6, 6.07) is 0. The van der Waals surface area contributed by atoms with E-state index in [1.807, 2.05) is 0 Å². The van der Waals surface area contributed by atoms with Crippen LogP contribution in [-0.4, -0.2) is 30.6 Å². The molecule has 2 aliphatic rings. The minimum atomic E-state index is 0.336. The summed E-state index contributed by atoms with van der Waals surface area (Å²) in [6.07, 6.45) is 8.48. The Balaban J connectivity index is 2.00. The largest absolute Gasteiger partial charge is 0.329 e. The van der Waals surface area contributed by atoms with E-state index in [0.717, 1.165) is 18.5 Å². The maximum Gasteiger partial charge on any atom is 0.0329 e. The molecule has 0 amide bonds. The quantitative estimate of drug-likeness (QED) is 0.748. The van der Waals surface area contributed by atoms with Crippen LogP contribution >= 0.6 is 0 Å². The zero-order valence-corrected chi connectivity index (χ0v) is 9.68. The van der Waals surface area contributed by atoms with Gasteiger partial charge in [-0.25, -0.2) is 0 Å². The summed E-state index contributed by atoms with van der Waals surface area (Å²) in [7, 11) is 2.23. The molecule has 0 saturated heterocycles. The van der Waals surface area contributed by atoms with Crippen molar-refractivity contribution in [1.82, 2.24) is 4.90 Å². The summed E-state index contributed by atoms with van der Waals surface area (Å²) in [5, 5.41) is 0. The van der Waals surface area contributed by atoms with E-state index in [1.54, 1.807) is 0 Å². The zero-order chi connectivity index (χ0) is 10.2. The fourth-order valence-corrected chi connectivity index (χ4v) is 3.00. The van der Waals surface area contributed by atoms with Crippen LogP contribution in [0.4, 0.5) is 0 Å². The van der Waals surface area contributed by atoms with Crippen molar-refractivity contribution in [2.24, 2.45) is 11.1 Å². The van der Waals surface area contributed by atoms with Crippen molar-refractivity contribution < 1.29 is 0 Å². The van der Waals surface area contributed by atoms with Crippen molar-refractivity contribution in [3.63, 3.8) is 0 Å². The van der Waals surface area contributed by atoms with Crippen LogP contribution in [0.5, 0.6) is 0 Å². The van der Waals surface area contributed by atoms with Gasteiger partial charge in [0.15, 0.2) is 0 Å². The van der Waals surface area contributed by atoms with Crippen molar-refractivity contribution in [2.45, 2.75) is 51.0 Å². The van der Waals surface area contributed by atoms with Crippen LogP contribution in [0.1, 0.15) is 45.4 Å². The number of hydrogen-bond acceptors (Lipinski definition) is 2. The molecule has 0 atom stereocenters. The van der Waals surface area contributed by atoms with Gasteiger partial charge in [-0.1, -0.05) is 6.92 Å². The summed E-state index contributed by atoms with van der Waals surface area (Å²) in [6.45, 7) is 4.20. The van der Waals surface area contributed by atoms with Crippen molar-refractivity contribution >= 4 is 0 Å². The van der Waals surface area contributed by atoms with Crippen LogP contribution in [0.3, 0.4) is 0 Å². The molecule has 0 aromatic rings. The molecule has 82 valence electrons. The van der Waals surface area contributed by atoms with E-state index in [1.165, 1.54) is 38.5 Å². The summed E-state index contributed by atoms with van der Waals surface area (Å²) >= 11 is 0. The van der Waals surface area contributed by atoms with E-state index in [-0.39, 0.29) is 0 Å². The van der Waals surface area contributed by atoms with E-state index in [0.29, 0.717) is 5.54 Å². The van der Waals surface area contributed by atoms with Crippen LogP contribution in [0.15, 0.2) is 0 Å². The van der Waals surface area contributed by atoms with E-state index >= 15 is 0 Å². The van der Waals surface area contributed by atoms with Gasteiger partial charge in [0.1, 0.15) is 0 Å². The Morgan fingerprint density at radius 2 is 1.57 bits per heavy atom. The molecule has 0 unspecified atom stereocenters. The van der Waals surface area contributed by atoms with Gasteiger partial charge in [0.2, 0.25) is 0 Å². The van der Waals surface area contributed by atoms with E-state index in [2.05, 4.69) is 18.9 Å². The van der Waals surface area contributed by atoms with Gasteiger partial charge in [0.05, 0.1) is 0 Å². The molecule has 2 saturated carbocycles. The summed E-state index contributed by atoms with van der Waals surface area (Å²) in [5.41, 5.74) is 7.10. The molecule has 2 nitrogen and oxygen atoms in total. The highest BCUT2D eigenvalue weighted by atomic mass is 15.2. The lowest BCUT2D eigenvalue weighted by molar-refractivity contribution is 0.0636. The molecule has 0 aromatic carbocycles. The Hall–Kier alpha value is -0.0800. The summed E-state index contributed by atoms with van der Waals surface area (Å²) in [4.78, 5) is 2.47. The number of nitrogens with two attached hydrogens (primary N) is 1. The highest BCUT2D eigenvalue weighted by molar-refractivity contribution is 5.04. The first-order valence-corrected chi connectivity index (χ1v) is 6.08. The molecule has 2 heteroatoms. The van der Waals surface area contributed by atoms with Gasteiger partial charge in [-0.05, 0) is 57.5 Å². The molecule has 2 fully saturated rings. The topological polar surface area (TPSA) is 29.3 Å². The standard InChI is InChI=1S/C12H24N2/c1-3-14(2)12(10-13)8-6-11(4-5-11)7-9-12/h3-10,13H2,1-2H3. The van der Waals surface area contributed by atoms with E-state index in [4.69, 9.17) is 5.73 Å². The predicted octanol–water partition coefficient (Wildman–Crippen LogP) is 1.99. The van der Waals surface area contributed by atoms with Crippen LogP contribution < -0.4 is 5.73 Å². The van der Waals surface area contributed by atoms with Crippen LogP contribution in [0.25, 0.3) is 0 Å². The first-order valence-electron chi connectivity index (χ1n) is 6.08. The molecule has 0 radical (unpaired) electrons. The SMILES string of the molecule is CCN(C)C1(CN)CCC2(CC2)CC1. The lowest BCUT2D eigenvalue weighted by atomic mass is 9.74. The molecule has 2 rings (SSSR count). The third kappa shape index (κ3) is 1.59. The van der Waals surface area contributed by atoms with Crippen LogP contribution in [0, 0.1) is 5.41 Å². The molecule has 2 aliphatic carbocycles. The van der Waals surface area contributed by atoms with Gasteiger partial charge in [-0.3, -0.25) is 4.90 Å². The van der Waals surface area contributed by atoms with Gasteiger partial charge < -0.3 is 5.73 Å². The highest BCUT2D eigenvalue weighted by Gasteiger charge is 2.49. The van der Waals surface area contributed by atoms with Crippen LogP contribution in [0.2, 0.25) is 0 Å². The van der Waals surface area contributed by atoms with Gasteiger partial charge in [0, 0.05) is 12.1 Å². The second-order valence-corrected chi connectivity index (χ2v) is 5.44. The summed E-state index contributed by atoms with van der Waals surface area (Å²) < 4.78 is 0. The fraction of sp³-hybridized carbons (Fsp3) is 1.00. The maximum absolute atomic E-state index is 5.98. The molecule has 0 heterocycles. The predicted molar refractivity (Wildman–Crippen MR) is 60.2 cm³/mol. The molecule has 0 aliphatic heterocycles. The normalized spacial score (nSPS) is 28.3. The van der Waals surface area contributed by atoms with E-state index in [9.17, 15) is 0 Å². The Bertz CT molecular complexity index is 198. The third-order valence-corrected chi connectivity index (χ3v) is 4.86. The number of nitrogens with zero attached hydrogens (tertiary/aromatic N) is 1. The minimum absolute atomic E-state index is 0.336. The molecule has 0 bridgehead atoms. The number of likely N-dealkylation sites (N-methyl/N-ethyl adjacent to an activating group) is 1. The molecule has 0 aromatic heterocycles. The number of hydrogen-bond donors (Lipinski definition) is 1. The monoisotopic (exact) mass is 196 g/mol. The smallest absolute Gasteiger partial charge is 0.0329 e. The Morgan fingerprint density at radius 1 is 1.07 bits per heavy atom. The Morgan fingerprint density at radius 3 is 1.93 bits per heavy atom. The van der Waals surface area contributed by atoms with Crippen molar-refractivity contribution in [3.05, 3.63) is 0 Å². The summed E-state index contributed by atoms with van der Waals surface area (Å²) in [5.74, 6) is 0. The molecular formula is C12H24N2. The van der Waals surface area contributed by atoms with Crippen LogP contribution in [-0.2, 0) is 0 Å². The minimum Gasteiger partial charge on any atom is -0.329 e. The molecule has 1 spiro atoms. The zero-order valence-electron chi connectivity index (χ0n) is 9.68. The highest BCUT2D eigenvalue weighted by Crippen LogP contribution is 2.58. The van der Waals surface area contributed by atoms with Gasteiger partial charge in [-0.15, -0.1) is 0 Å². The average Bonchev–Trinajstić information content (AvgIpc) is 2.99. The second-order valence-electron chi connectivity index (χ2n) is 5.44. The van der Waals surface area contributed by atoms with Crippen molar-refractivity contribution in [2.75, 3.05) is 20.1 Å². The average molecular weight is 196 g/mol. The van der Waals surface area contributed by atoms with Gasteiger partial charge in [-0.2, -0.15) is 0 Å². The van der Waals surface area contributed by atoms with E-state index < -0.39 is 0 Å². The molecule has 2 N–H and O–H groups in total. The Labute approximate surface area is 87.8 Å². The first kappa shape index (κ1) is 10.4. The van der Waals surface area contributed by atoms with Gasteiger partial charge >= 0.3 is 0 Å². The first-order chi connectivity index (χ1) is 6.66. The lowest BCUT2D eigenvalue weighted by Gasteiger charge is -2.46. The Kier molecular flexibility index (Phi) is 2.61. The molecular weight excluding hydrogens is 172 g/mol. The lowest BCUT2D eigenvalue weighted by Crippen LogP contribution is -2.54. The maximum atomic E-state index is 5.98. The molecule has 14 heavy (non-hydrogen) atoms.